The van der Waals surface area contributed by atoms with Gasteiger partial charge in [-0.2, -0.15) is 0 Å². The van der Waals surface area contributed by atoms with Gasteiger partial charge in [-0.05, 0) is 6.92 Å². The largest absolute Gasteiger partial charge is 0.477 e. The fourth-order valence-corrected chi connectivity index (χ4v) is 0.982. The Bertz CT molecular complexity index is 540. The molecule has 1 heterocycles. The Balaban J connectivity index is 3.42. The Morgan fingerprint density at radius 3 is 2.12 bits per heavy atom. The van der Waals surface area contributed by atoms with E-state index in [0.29, 0.717) is 0 Å². The number of aromatic carboxylic acids is 1. The van der Waals surface area contributed by atoms with E-state index in [9.17, 15) is 19.2 Å². The van der Waals surface area contributed by atoms with E-state index in [4.69, 9.17) is 5.11 Å². The number of hydrogen-bond acceptors (Lipinski definition) is 5. The molecular weight excluding hydrogens is 220 g/mol. The maximum absolute atomic E-state index is 11.3. The molecule has 0 amide bonds. The third-order valence-corrected chi connectivity index (χ3v) is 1.63. The molecule has 0 spiro atoms. The average molecular weight is 228 g/mol. The first-order valence-corrected chi connectivity index (χ1v) is 4.24. The van der Waals surface area contributed by atoms with Gasteiger partial charge in [-0.3, -0.25) is 9.59 Å². The average Bonchev–Trinajstić information content (AvgIpc) is 2.21. The number of carbonyl (C=O) groups is 2. The highest BCUT2D eigenvalue weighted by Crippen LogP contribution is 2.00. The zero-order chi connectivity index (χ0) is 12.3. The molecule has 1 rings (SSSR count). The molecule has 0 atom stereocenters. The van der Waals surface area contributed by atoms with Gasteiger partial charge < -0.3 is 19.8 Å². The maximum atomic E-state index is 11.3. The van der Waals surface area contributed by atoms with Crippen molar-refractivity contribution in [1.82, 2.24) is 9.97 Å². The zero-order valence-corrected chi connectivity index (χ0v) is 8.20. The number of hydrogen-bond donors (Lipinski definition) is 3. The number of esters is 1. The Kier molecular flexibility index (Phi) is 3.24. The molecule has 0 aliphatic rings. The fourth-order valence-electron chi connectivity index (χ4n) is 0.982. The van der Waals surface area contributed by atoms with E-state index in [0.717, 1.165) is 0 Å². The lowest BCUT2D eigenvalue weighted by Gasteiger charge is -2.03. The number of carbonyl (C=O) groups excluding carboxylic acids is 1. The van der Waals surface area contributed by atoms with Gasteiger partial charge in [0.1, 0.15) is 0 Å². The van der Waals surface area contributed by atoms with Crippen LogP contribution in [0.25, 0.3) is 0 Å². The smallest absolute Gasteiger partial charge is 0.357 e. The van der Waals surface area contributed by atoms with E-state index in [1.54, 1.807) is 4.98 Å². The number of carboxylic acid groups (broad SMARTS) is 1. The third kappa shape index (κ3) is 2.16. The second-order valence-corrected chi connectivity index (χ2v) is 2.68. The SMILES string of the molecule is CCOC(=O)c1[nH]c(=O)c(=O)[nH]c1C(=O)O. The van der Waals surface area contributed by atoms with Crippen LogP contribution in [-0.2, 0) is 4.74 Å². The summed E-state index contributed by atoms with van der Waals surface area (Å²) in [6.07, 6.45) is 0. The molecule has 0 aliphatic heterocycles. The summed E-state index contributed by atoms with van der Waals surface area (Å²) < 4.78 is 4.52. The van der Waals surface area contributed by atoms with Crippen molar-refractivity contribution in [1.29, 1.82) is 0 Å². The highest BCUT2D eigenvalue weighted by atomic mass is 16.5. The highest BCUT2D eigenvalue weighted by molar-refractivity contribution is 5.99. The molecule has 0 aliphatic carbocycles. The normalized spacial score (nSPS) is 9.81. The molecule has 86 valence electrons. The minimum Gasteiger partial charge on any atom is -0.477 e. The summed E-state index contributed by atoms with van der Waals surface area (Å²) in [6, 6.07) is 0. The topological polar surface area (TPSA) is 129 Å². The molecule has 0 saturated heterocycles. The number of carboxylic acids is 1. The summed E-state index contributed by atoms with van der Waals surface area (Å²) in [5.41, 5.74) is -3.56. The second-order valence-electron chi connectivity index (χ2n) is 2.68. The van der Waals surface area contributed by atoms with Gasteiger partial charge in [0.05, 0.1) is 6.61 Å². The number of nitrogens with one attached hydrogen (secondary N) is 2. The molecule has 0 fully saturated rings. The van der Waals surface area contributed by atoms with Gasteiger partial charge in [0.15, 0.2) is 11.4 Å². The van der Waals surface area contributed by atoms with Crippen LogP contribution in [0.4, 0.5) is 0 Å². The van der Waals surface area contributed by atoms with E-state index in [2.05, 4.69) is 4.74 Å². The lowest BCUT2D eigenvalue weighted by Crippen LogP contribution is -2.35. The molecule has 0 unspecified atom stereocenters. The third-order valence-electron chi connectivity index (χ3n) is 1.63. The van der Waals surface area contributed by atoms with Crippen LogP contribution >= 0.6 is 0 Å². The first-order valence-electron chi connectivity index (χ1n) is 4.24. The summed E-state index contributed by atoms with van der Waals surface area (Å²) in [4.78, 5) is 47.4. The van der Waals surface area contributed by atoms with E-state index in [1.807, 2.05) is 4.98 Å². The zero-order valence-electron chi connectivity index (χ0n) is 8.20. The number of aromatic nitrogens is 2. The van der Waals surface area contributed by atoms with Gasteiger partial charge in [-0.1, -0.05) is 0 Å². The van der Waals surface area contributed by atoms with Crippen LogP contribution in [0.2, 0.25) is 0 Å². The minimum atomic E-state index is -1.54. The Hall–Kier alpha value is -2.38. The molecule has 3 N–H and O–H groups in total. The van der Waals surface area contributed by atoms with Crippen molar-refractivity contribution < 1.29 is 19.4 Å². The molecule has 1 aromatic rings. The highest BCUT2D eigenvalue weighted by Gasteiger charge is 2.20. The van der Waals surface area contributed by atoms with Crippen LogP contribution in [-0.4, -0.2) is 33.6 Å². The van der Waals surface area contributed by atoms with Crippen LogP contribution in [0, 0.1) is 0 Å². The van der Waals surface area contributed by atoms with Crippen molar-refractivity contribution in [2.45, 2.75) is 6.92 Å². The van der Waals surface area contributed by atoms with E-state index in [1.165, 1.54) is 6.92 Å². The van der Waals surface area contributed by atoms with Crippen molar-refractivity contribution in [3.05, 3.63) is 32.1 Å². The molecule has 1 aromatic heterocycles. The summed E-state index contributed by atoms with van der Waals surface area (Å²) in [5.74, 6) is -2.57. The molecule has 0 aromatic carbocycles. The van der Waals surface area contributed by atoms with E-state index in [-0.39, 0.29) is 6.61 Å². The summed E-state index contributed by atoms with van der Waals surface area (Å²) in [5, 5.41) is 8.70. The molecular formula is C8H8N2O6. The minimum absolute atomic E-state index is 0.0129. The van der Waals surface area contributed by atoms with Gasteiger partial charge in [-0.15, -0.1) is 0 Å². The Labute approximate surface area is 87.9 Å². The van der Waals surface area contributed by atoms with Crippen molar-refractivity contribution >= 4 is 11.9 Å². The summed E-state index contributed by atoms with van der Waals surface area (Å²) in [6.45, 7) is 1.53. The number of rotatable bonds is 3. The maximum Gasteiger partial charge on any atom is 0.357 e. The fraction of sp³-hybridized carbons (Fsp3) is 0.250. The van der Waals surface area contributed by atoms with Crippen LogP contribution in [0.5, 0.6) is 0 Å². The van der Waals surface area contributed by atoms with Gasteiger partial charge in [0, 0.05) is 0 Å². The van der Waals surface area contributed by atoms with E-state index >= 15 is 0 Å². The number of H-pyrrole nitrogens is 2. The first kappa shape index (κ1) is 11.7. The second kappa shape index (κ2) is 4.43. The Morgan fingerprint density at radius 1 is 1.19 bits per heavy atom. The van der Waals surface area contributed by atoms with E-state index < -0.39 is 34.4 Å². The lowest BCUT2D eigenvalue weighted by atomic mass is 10.3. The quantitative estimate of drug-likeness (QED) is 0.446. The monoisotopic (exact) mass is 228 g/mol. The van der Waals surface area contributed by atoms with Gasteiger partial charge in [0.2, 0.25) is 0 Å². The lowest BCUT2D eigenvalue weighted by molar-refractivity contribution is 0.0504. The van der Waals surface area contributed by atoms with Crippen molar-refractivity contribution in [3.8, 4) is 0 Å². The molecule has 0 saturated carbocycles. The molecule has 16 heavy (non-hydrogen) atoms. The Morgan fingerprint density at radius 2 is 1.69 bits per heavy atom. The predicted molar refractivity (Wildman–Crippen MR) is 50.6 cm³/mol. The predicted octanol–water partition coefficient (Wildman–Crippen LogP) is -1.06. The van der Waals surface area contributed by atoms with Crippen molar-refractivity contribution in [3.63, 3.8) is 0 Å². The van der Waals surface area contributed by atoms with Crippen LogP contribution in [0.1, 0.15) is 27.9 Å². The van der Waals surface area contributed by atoms with Crippen molar-refractivity contribution in [2.75, 3.05) is 6.61 Å². The standard InChI is InChI=1S/C8H8N2O6/c1-2-16-8(15)4-3(7(13)14)9-5(11)6(12)10-4/h2H2,1H3,(H,9,11)(H,10,12)(H,13,14). The van der Waals surface area contributed by atoms with Gasteiger partial charge in [-0.25, -0.2) is 9.59 Å². The van der Waals surface area contributed by atoms with Crippen LogP contribution < -0.4 is 11.1 Å². The molecule has 8 heteroatoms. The summed E-state index contributed by atoms with van der Waals surface area (Å²) >= 11 is 0. The van der Waals surface area contributed by atoms with Crippen molar-refractivity contribution in [2.24, 2.45) is 0 Å². The molecule has 0 radical (unpaired) electrons. The number of ether oxygens (including phenoxy) is 1. The molecule has 0 bridgehead atoms. The van der Waals surface area contributed by atoms with Crippen LogP contribution in [0.15, 0.2) is 9.59 Å². The first-order chi connectivity index (χ1) is 7.47. The van der Waals surface area contributed by atoms with Crippen LogP contribution in [0.3, 0.4) is 0 Å². The molecule has 8 nitrogen and oxygen atoms in total. The summed E-state index contributed by atoms with van der Waals surface area (Å²) in [7, 11) is 0. The van der Waals surface area contributed by atoms with Gasteiger partial charge in [0.25, 0.3) is 0 Å². The number of aromatic amines is 2. The van der Waals surface area contributed by atoms with Gasteiger partial charge >= 0.3 is 23.1 Å².